The van der Waals surface area contributed by atoms with E-state index in [2.05, 4.69) is 27.8 Å². The molecule has 2 rings (SSSR count). The number of rotatable bonds is 9. The predicted molar refractivity (Wildman–Crippen MR) is 113 cm³/mol. The van der Waals surface area contributed by atoms with Gasteiger partial charge in [0.1, 0.15) is 5.82 Å². The van der Waals surface area contributed by atoms with Crippen LogP contribution >= 0.6 is 0 Å². The number of carbonyl (C=O) groups is 2. The molecular formula is C22H28N4O2. The summed E-state index contributed by atoms with van der Waals surface area (Å²) in [5, 5.41) is 7.23. The van der Waals surface area contributed by atoms with Gasteiger partial charge in [0.2, 0.25) is 0 Å². The summed E-state index contributed by atoms with van der Waals surface area (Å²) in [6, 6.07) is 10.8. The molecular weight excluding hydrogens is 352 g/mol. The van der Waals surface area contributed by atoms with Crippen molar-refractivity contribution in [2.24, 2.45) is 11.0 Å². The molecule has 0 aliphatic heterocycles. The third-order valence-corrected chi connectivity index (χ3v) is 4.29. The first-order valence-electron chi connectivity index (χ1n) is 9.61. The van der Waals surface area contributed by atoms with Crippen molar-refractivity contribution in [1.29, 1.82) is 0 Å². The number of hydrazone groups is 1. The summed E-state index contributed by atoms with van der Waals surface area (Å²) in [5.74, 6) is 0.509. The highest BCUT2D eigenvalue weighted by Crippen LogP contribution is 2.11. The Morgan fingerprint density at radius 3 is 2.25 bits per heavy atom. The molecule has 1 amide bonds. The number of Topliss-reactive ketones (excluding diaryl/α,β-unsaturated/α-hetero) is 1. The second kappa shape index (κ2) is 10.3. The zero-order chi connectivity index (χ0) is 20.5. The largest absolute Gasteiger partial charge is 0.352 e. The molecule has 2 N–H and O–H groups in total. The van der Waals surface area contributed by atoms with E-state index in [0.29, 0.717) is 23.5 Å². The predicted octanol–water partition coefficient (Wildman–Crippen LogP) is 4.29. The highest BCUT2D eigenvalue weighted by Gasteiger charge is 2.10. The molecule has 0 saturated heterocycles. The van der Waals surface area contributed by atoms with Gasteiger partial charge in [0.25, 0.3) is 5.91 Å². The second-order valence-corrected chi connectivity index (χ2v) is 6.95. The Kier molecular flexibility index (Phi) is 7.87. The van der Waals surface area contributed by atoms with Gasteiger partial charge < -0.3 is 5.32 Å². The van der Waals surface area contributed by atoms with E-state index < -0.39 is 0 Å². The molecule has 0 fully saturated rings. The monoisotopic (exact) mass is 380 g/mol. The van der Waals surface area contributed by atoms with E-state index in [4.69, 9.17) is 0 Å². The second-order valence-electron chi connectivity index (χ2n) is 6.95. The summed E-state index contributed by atoms with van der Waals surface area (Å²) >= 11 is 0. The summed E-state index contributed by atoms with van der Waals surface area (Å²) in [7, 11) is 0. The highest BCUT2D eigenvalue weighted by molar-refractivity contribution is 6.01. The minimum atomic E-state index is -0.0621. The lowest BCUT2D eigenvalue weighted by atomic mass is 10.0. The van der Waals surface area contributed by atoms with Crippen molar-refractivity contribution in [3.63, 3.8) is 0 Å². The summed E-state index contributed by atoms with van der Waals surface area (Å²) in [5.41, 5.74) is 5.79. The molecule has 28 heavy (non-hydrogen) atoms. The Bertz CT molecular complexity index is 825. The van der Waals surface area contributed by atoms with Crippen LogP contribution in [-0.2, 0) is 0 Å². The lowest BCUT2D eigenvalue weighted by Gasteiger charge is -2.07. The maximum Gasteiger partial charge on any atom is 0.251 e. The number of benzene rings is 1. The van der Waals surface area contributed by atoms with Crippen LogP contribution in [0.4, 0.5) is 5.82 Å². The van der Waals surface area contributed by atoms with E-state index >= 15 is 0 Å². The van der Waals surface area contributed by atoms with E-state index in [9.17, 15) is 9.59 Å². The van der Waals surface area contributed by atoms with Gasteiger partial charge in [-0.25, -0.2) is 4.98 Å². The van der Waals surface area contributed by atoms with Gasteiger partial charge in [-0.1, -0.05) is 39.3 Å². The Morgan fingerprint density at radius 2 is 1.68 bits per heavy atom. The van der Waals surface area contributed by atoms with Gasteiger partial charge in [0.05, 0.1) is 5.71 Å². The number of carbonyl (C=O) groups excluding carboxylic acids is 2. The fourth-order valence-electron chi connectivity index (χ4n) is 2.49. The standard InChI is InChI=1S/C22H28N4O2/c1-5-6-13-23-22(28)18-9-7-17(8-10-18)16(4)25-26-20-12-11-19(14-24-20)21(27)15(2)3/h7-12,14-15H,5-6,13H2,1-4H3,(H,23,28)(H,24,26)/b25-16+. The molecule has 1 aromatic carbocycles. The fourth-order valence-corrected chi connectivity index (χ4v) is 2.49. The number of nitrogens with zero attached hydrogens (tertiary/aromatic N) is 2. The molecule has 0 aliphatic carbocycles. The van der Waals surface area contributed by atoms with Gasteiger partial charge in [-0.05, 0) is 43.2 Å². The van der Waals surface area contributed by atoms with Gasteiger partial charge in [0.15, 0.2) is 5.78 Å². The number of amides is 1. The minimum absolute atomic E-state index is 0.0578. The Hall–Kier alpha value is -3.02. The lowest BCUT2D eigenvalue weighted by Crippen LogP contribution is -2.24. The quantitative estimate of drug-likeness (QED) is 0.294. The highest BCUT2D eigenvalue weighted by atomic mass is 16.1. The van der Waals surface area contributed by atoms with Crippen LogP contribution < -0.4 is 10.7 Å². The van der Waals surface area contributed by atoms with Crippen LogP contribution in [0.25, 0.3) is 0 Å². The first-order chi connectivity index (χ1) is 13.4. The lowest BCUT2D eigenvalue weighted by molar-refractivity contribution is 0.0935. The molecule has 0 spiro atoms. The van der Waals surface area contributed by atoms with E-state index in [-0.39, 0.29) is 17.6 Å². The van der Waals surface area contributed by atoms with Crippen LogP contribution in [0.5, 0.6) is 0 Å². The number of anilines is 1. The van der Waals surface area contributed by atoms with Crippen molar-refractivity contribution >= 4 is 23.2 Å². The number of nitrogens with one attached hydrogen (secondary N) is 2. The third-order valence-electron chi connectivity index (χ3n) is 4.29. The van der Waals surface area contributed by atoms with E-state index in [1.54, 1.807) is 30.5 Å². The Labute approximate surface area is 166 Å². The first-order valence-corrected chi connectivity index (χ1v) is 9.61. The molecule has 0 radical (unpaired) electrons. The molecule has 1 aromatic heterocycles. The van der Waals surface area contributed by atoms with E-state index in [1.165, 1.54) is 0 Å². The molecule has 0 atom stereocenters. The molecule has 0 unspecified atom stereocenters. The van der Waals surface area contributed by atoms with Crippen molar-refractivity contribution in [2.45, 2.75) is 40.5 Å². The zero-order valence-electron chi connectivity index (χ0n) is 17.0. The SMILES string of the molecule is CCCCNC(=O)c1ccc(/C(C)=N/Nc2ccc(C(=O)C(C)C)cn2)cc1. The van der Waals surface area contributed by atoms with Crippen molar-refractivity contribution in [3.8, 4) is 0 Å². The normalized spacial score (nSPS) is 11.4. The fraction of sp³-hybridized carbons (Fsp3) is 0.364. The Balaban J connectivity index is 1.97. The zero-order valence-corrected chi connectivity index (χ0v) is 17.0. The van der Waals surface area contributed by atoms with Gasteiger partial charge in [0, 0.05) is 29.8 Å². The molecule has 2 aromatic rings. The third kappa shape index (κ3) is 6.01. The maximum atomic E-state index is 12.0. The van der Waals surface area contributed by atoms with Crippen LogP contribution in [0.1, 0.15) is 66.8 Å². The van der Waals surface area contributed by atoms with Crippen LogP contribution in [0, 0.1) is 5.92 Å². The first kappa shape index (κ1) is 21.3. The van der Waals surface area contributed by atoms with Crippen LogP contribution in [0.3, 0.4) is 0 Å². The minimum Gasteiger partial charge on any atom is -0.352 e. The number of pyridine rings is 1. The van der Waals surface area contributed by atoms with Gasteiger partial charge >= 0.3 is 0 Å². The smallest absolute Gasteiger partial charge is 0.251 e. The van der Waals surface area contributed by atoms with Crippen LogP contribution in [0.15, 0.2) is 47.7 Å². The van der Waals surface area contributed by atoms with Crippen LogP contribution in [0.2, 0.25) is 0 Å². The molecule has 1 heterocycles. The molecule has 0 aliphatic rings. The number of hydrogen-bond acceptors (Lipinski definition) is 5. The summed E-state index contributed by atoms with van der Waals surface area (Å²) < 4.78 is 0. The molecule has 148 valence electrons. The van der Waals surface area contributed by atoms with Gasteiger partial charge in [-0.3, -0.25) is 15.0 Å². The average Bonchev–Trinajstić information content (AvgIpc) is 2.72. The van der Waals surface area contributed by atoms with Crippen molar-refractivity contribution in [2.75, 3.05) is 12.0 Å². The van der Waals surface area contributed by atoms with E-state index in [1.807, 2.05) is 32.9 Å². The summed E-state index contributed by atoms with van der Waals surface area (Å²) in [6.07, 6.45) is 3.58. The van der Waals surface area contributed by atoms with Crippen molar-refractivity contribution in [1.82, 2.24) is 10.3 Å². The maximum absolute atomic E-state index is 12.0. The molecule has 6 heteroatoms. The molecule has 0 saturated carbocycles. The summed E-state index contributed by atoms with van der Waals surface area (Å²) in [6.45, 7) is 8.38. The average molecular weight is 380 g/mol. The van der Waals surface area contributed by atoms with E-state index in [0.717, 1.165) is 24.1 Å². The Morgan fingerprint density at radius 1 is 1.04 bits per heavy atom. The summed E-state index contributed by atoms with van der Waals surface area (Å²) in [4.78, 5) is 28.2. The molecule has 0 bridgehead atoms. The number of hydrogen-bond donors (Lipinski definition) is 2. The van der Waals surface area contributed by atoms with Gasteiger partial charge in [-0.15, -0.1) is 0 Å². The van der Waals surface area contributed by atoms with Crippen molar-refractivity contribution in [3.05, 3.63) is 59.3 Å². The van der Waals surface area contributed by atoms with Crippen LogP contribution in [-0.4, -0.2) is 28.9 Å². The molecule has 6 nitrogen and oxygen atoms in total. The number of unbranched alkanes of at least 4 members (excludes halogenated alkanes) is 1. The number of aromatic nitrogens is 1. The number of ketones is 1. The topological polar surface area (TPSA) is 83.5 Å². The van der Waals surface area contributed by atoms with Gasteiger partial charge in [-0.2, -0.15) is 5.10 Å². The van der Waals surface area contributed by atoms with Crippen molar-refractivity contribution < 1.29 is 9.59 Å².